The van der Waals surface area contributed by atoms with Gasteiger partial charge in [-0.05, 0) is 25.7 Å². The first kappa shape index (κ1) is 20.6. The number of hydrogen-bond donors (Lipinski definition) is 1. The van der Waals surface area contributed by atoms with Crippen molar-refractivity contribution >= 4 is 7.82 Å². The van der Waals surface area contributed by atoms with Crippen LogP contribution in [-0.2, 0) is 13.6 Å². The number of phosphoric ester groups is 1. The molecule has 0 saturated carbocycles. The van der Waals surface area contributed by atoms with Crippen LogP contribution in [0, 0.1) is 0 Å². The summed E-state index contributed by atoms with van der Waals surface area (Å²) in [5, 5.41) is 0. The van der Waals surface area contributed by atoms with E-state index in [0.29, 0.717) is 12.8 Å². The smallest absolute Gasteiger partial charge is 0.302 e. The molecule has 1 N–H and O–H groups in total. The monoisotopic (exact) mass is 318 g/mol. The summed E-state index contributed by atoms with van der Waals surface area (Å²) in [6.45, 7) is 11.5. The summed E-state index contributed by atoms with van der Waals surface area (Å²) >= 11 is 0. The second kappa shape index (κ2) is 12.2. The molecule has 4 nitrogen and oxygen atoms in total. The van der Waals surface area contributed by atoms with Crippen LogP contribution >= 0.6 is 7.82 Å². The van der Waals surface area contributed by atoms with Crippen molar-refractivity contribution in [3.05, 3.63) is 25.3 Å². The van der Waals surface area contributed by atoms with E-state index in [-0.39, 0.29) is 12.2 Å². The summed E-state index contributed by atoms with van der Waals surface area (Å²) in [5.74, 6) is 0. The molecule has 0 bridgehead atoms. The molecule has 124 valence electrons. The van der Waals surface area contributed by atoms with Crippen LogP contribution in [0.25, 0.3) is 0 Å². The Labute approximate surface area is 129 Å². The van der Waals surface area contributed by atoms with Gasteiger partial charge in [-0.25, -0.2) is 4.57 Å². The fraction of sp³-hybridized carbons (Fsp3) is 0.750. The Morgan fingerprint density at radius 1 is 1.00 bits per heavy atom. The van der Waals surface area contributed by atoms with E-state index in [1.165, 1.54) is 0 Å². The van der Waals surface area contributed by atoms with Gasteiger partial charge in [-0.3, -0.25) is 9.05 Å². The van der Waals surface area contributed by atoms with Crippen LogP contribution in [0.4, 0.5) is 0 Å². The highest BCUT2D eigenvalue weighted by atomic mass is 31.2. The van der Waals surface area contributed by atoms with E-state index in [9.17, 15) is 9.46 Å². The highest BCUT2D eigenvalue weighted by Gasteiger charge is 2.29. The molecule has 0 radical (unpaired) electrons. The third-order valence-electron chi connectivity index (χ3n) is 3.18. The van der Waals surface area contributed by atoms with Crippen LogP contribution in [0.2, 0.25) is 0 Å². The van der Waals surface area contributed by atoms with Crippen molar-refractivity contribution in [1.29, 1.82) is 0 Å². The summed E-state index contributed by atoms with van der Waals surface area (Å²) in [6.07, 6.45) is 9.29. The van der Waals surface area contributed by atoms with E-state index in [4.69, 9.17) is 9.05 Å². The van der Waals surface area contributed by atoms with Gasteiger partial charge < -0.3 is 4.89 Å². The lowest BCUT2D eigenvalue weighted by molar-refractivity contribution is 0.0678. The quantitative estimate of drug-likeness (QED) is 0.344. The van der Waals surface area contributed by atoms with Crippen molar-refractivity contribution in [2.45, 2.75) is 77.4 Å². The van der Waals surface area contributed by atoms with E-state index in [1.807, 2.05) is 0 Å². The minimum Gasteiger partial charge on any atom is -0.302 e. The third-order valence-corrected chi connectivity index (χ3v) is 4.31. The normalized spacial score (nSPS) is 16.9. The SMILES string of the molecule is C=CCC(CCCC)OP(=O)(O)OC(CC=C)CCCC. The molecule has 5 heteroatoms. The van der Waals surface area contributed by atoms with Crippen LogP contribution in [-0.4, -0.2) is 17.1 Å². The number of phosphoric acid groups is 1. The molecule has 0 aromatic carbocycles. The van der Waals surface area contributed by atoms with Gasteiger partial charge in [0.2, 0.25) is 0 Å². The average Bonchev–Trinajstić information content (AvgIpc) is 2.42. The second-order valence-electron chi connectivity index (χ2n) is 5.26. The first-order valence-electron chi connectivity index (χ1n) is 7.90. The molecule has 0 heterocycles. The maximum atomic E-state index is 12.2. The van der Waals surface area contributed by atoms with Crippen molar-refractivity contribution in [3.8, 4) is 0 Å². The topological polar surface area (TPSA) is 55.8 Å². The first-order valence-corrected chi connectivity index (χ1v) is 9.39. The Balaban J connectivity index is 4.54. The molecule has 2 unspecified atom stereocenters. The maximum absolute atomic E-state index is 12.2. The van der Waals surface area contributed by atoms with Gasteiger partial charge in [0.15, 0.2) is 0 Å². The second-order valence-corrected chi connectivity index (χ2v) is 6.62. The molecular weight excluding hydrogens is 287 g/mol. The van der Waals surface area contributed by atoms with Crippen LogP contribution in [0.1, 0.15) is 65.2 Å². The molecule has 21 heavy (non-hydrogen) atoms. The number of hydrogen-bond acceptors (Lipinski definition) is 3. The molecule has 0 aliphatic rings. The summed E-state index contributed by atoms with van der Waals surface area (Å²) in [6, 6.07) is 0. The van der Waals surface area contributed by atoms with Crippen molar-refractivity contribution in [2.24, 2.45) is 0 Å². The fourth-order valence-corrected chi connectivity index (χ4v) is 3.25. The summed E-state index contributed by atoms with van der Waals surface area (Å²) in [5.41, 5.74) is 0. The lowest BCUT2D eigenvalue weighted by atomic mass is 10.1. The molecule has 0 spiro atoms. The van der Waals surface area contributed by atoms with E-state index in [1.54, 1.807) is 12.2 Å². The molecular formula is C16H31O4P. The summed E-state index contributed by atoms with van der Waals surface area (Å²) < 4.78 is 22.8. The predicted octanol–water partition coefficient (Wildman–Crippen LogP) is 5.39. The number of rotatable bonds is 14. The Morgan fingerprint density at radius 3 is 1.67 bits per heavy atom. The Bertz CT molecular complexity index is 302. The van der Waals surface area contributed by atoms with Crippen LogP contribution in [0.15, 0.2) is 25.3 Å². The largest absolute Gasteiger partial charge is 0.472 e. The standard InChI is InChI=1S/C16H31O4P/c1-5-9-13-15(11-7-3)19-21(17,18)20-16(12-8-4)14-10-6-2/h7-8,15-16H,3-6,9-14H2,1-2H3,(H,17,18). The van der Waals surface area contributed by atoms with Gasteiger partial charge in [-0.1, -0.05) is 51.7 Å². The molecule has 0 aliphatic heterocycles. The Kier molecular flexibility index (Phi) is 11.9. The molecule has 0 aliphatic carbocycles. The van der Waals surface area contributed by atoms with E-state index >= 15 is 0 Å². The lowest BCUT2D eigenvalue weighted by Crippen LogP contribution is -2.16. The van der Waals surface area contributed by atoms with E-state index in [2.05, 4.69) is 27.0 Å². The van der Waals surface area contributed by atoms with Crippen LogP contribution in [0.3, 0.4) is 0 Å². The highest BCUT2D eigenvalue weighted by Crippen LogP contribution is 2.48. The molecule has 0 aromatic heterocycles. The zero-order chi connectivity index (χ0) is 16.1. The highest BCUT2D eigenvalue weighted by molar-refractivity contribution is 7.47. The summed E-state index contributed by atoms with van der Waals surface area (Å²) in [7, 11) is -4.04. The molecule has 0 saturated heterocycles. The van der Waals surface area contributed by atoms with Gasteiger partial charge in [0.1, 0.15) is 0 Å². The van der Waals surface area contributed by atoms with Crippen molar-refractivity contribution in [3.63, 3.8) is 0 Å². The van der Waals surface area contributed by atoms with Crippen molar-refractivity contribution in [2.75, 3.05) is 0 Å². The maximum Gasteiger partial charge on any atom is 0.472 e. The zero-order valence-corrected chi connectivity index (χ0v) is 14.4. The van der Waals surface area contributed by atoms with Crippen molar-refractivity contribution < 1.29 is 18.5 Å². The van der Waals surface area contributed by atoms with Gasteiger partial charge >= 0.3 is 7.82 Å². The fourth-order valence-electron chi connectivity index (χ4n) is 2.06. The first-order chi connectivity index (χ1) is 9.99. The van der Waals surface area contributed by atoms with Gasteiger partial charge in [0.25, 0.3) is 0 Å². The average molecular weight is 318 g/mol. The van der Waals surface area contributed by atoms with Gasteiger partial charge in [-0.15, -0.1) is 13.2 Å². The van der Waals surface area contributed by atoms with Gasteiger partial charge in [0, 0.05) is 0 Å². The van der Waals surface area contributed by atoms with Crippen molar-refractivity contribution in [1.82, 2.24) is 0 Å². The summed E-state index contributed by atoms with van der Waals surface area (Å²) in [4.78, 5) is 9.95. The van der Waals surface area contributed by atoms with Gasteiger partial charge in [-0.2, -0.15) is 0 Å². The Hall–Kier alpha value is -0.410. The van der Waals surface area contributed by atoms with E-state index in [0.717, 1.165) is 38.5 Å². The molecule has 0 rings (SSSR count). The lowest BCUT2D eigenvalue weighted by Gasteiger charge is -2.23. The number of unbranched alkanes of at least 4 members (excludes halogenated alkanes) is 2. The minimum absolute atomic E-state index is 0.311. The molecule has 0 amide bonds. The molecule has 0 aromatic rings. The van der Waals surface area contributed by atoms with Crippen LogP contribution in [0.5, 0.6) is 0 Å². The Morgan fingerprint density at radius 2 is 1.38 bits per heavy atom. The molecule has 2 atom stereocenters. The van der Waals surface area contributed by atoms with E-state index < -0.39 is 7.82 Å². The predicted molar refractivity (Wildman–Crippen MR) is 88.2 cm³/mol. The van der Waals surface area contributed by atoms with Crippen LogP contribution < -0.4 is 0 Å². The molecule has 0 fully saturated rings. The zero-order valence-electron chi connectivity index (χ0n) is 13.5. The van der Waals surface area contributed by atoms with Gasteiger partial charge in [0.05, 0.1) is 12.2 Å². The minimum atomic E-state index is -4.04. The third kappa shape index (κ3) is 10.9.